The Morgan fingerprint density at radius 3 is 2.03 bits per heavy atom. The number of aliphatic hydroxyl groups is 1. The minimum Gasteiger partial charge on any atom is -0.493 e. The molecule has 0 fully saturated rings. The largest absolute Gasteiger partial charge is 0.493 e. The van der Waals surface area contributed by atoms with Crippen molar-refractivity contribution >= 4 is 0 Å². The summed E-state index contributed by atoms with van der Waals surface area (Å²) < 4.78 is 11.5. The molecule has 1 atom stereocenters. The first-order chi connectivity index (χ1) is 15.7. The summed E-state index contributed by atoms with van der Waals surface area (Å²) in [6, 6.07) is 29.0. The lowest BCUT2D eigenvalue weighted by Gasteiger charge is -2.27. The summed E-state index contributed by atoms with van der Waals surface area (Å²) in [6.45, 7) is 2.22. The second kappa shape index (κ2) is 10.3. The van der Waals surface area contributed by atoms with Crippen molar-refractivity contribution in [3.63, 3.8) is 0 Å². The number of para-hydroxylation sites is 1. The van der Waals surface area contributed by atoms with E-state index in [1.165, 1.54) is 4.90 Å². The normalized spacial score (nSPS) is 12.4. The molecule has 32 heavy (non-hydrogen) atoms. The highest BCUT2D eigenvalue weighted by Crippen LogP contribution is 2.35. The first kappa shape index (κ1) is 21.8. The van der Waals surface area contributed by atoms with Gasteiger partial charge in [-0.25, -0.2) is 4.98 Å². The Labute approximate surface area is 188 Å². The van der Waals surface area contributed by atoms with Crippen molar-refractivity contribution in [2.45, 2.75) is 18.6 Å². The summed E-state index contributed by atoms with van der Waals surface area (Å²) in [7, 11) is 2.10. The van der Waals surface area contributed by atoms with Crippen LogP contribution in [0.25, 0.3) is 0 Å². The monoisotopic (exact) mass is 429 g/mol. The van der Waals surface area contributed by atoms with Gasteiger partial charge in [-0.2, -0.15) is 0 Å². The number of benzene rings is 3. The van der Waals surface area contributed by atoms with Gasteiger partial charge in [0, 0.05) is 6.42 Å². The average molecular weight is 430 g/mol. The number of nitrogens with zero attached hydrogens (tertiary/aromatic N) is 1. The highest BCUT2D eigenvalue weighted by Gasteiger charge is 2.37. The fourth-order valence-electron chi connectivity index (χ4n) is 3.81. The molecule has 0 saturated carbocycles. The molecule has 1 heterocycles. The van der Waals surface area contributed by atoms with Gasteiger partial charge in [-0.05, 0) is 23.3 Å². The molecule has 0 aliphatic carbocycles. The molecule has 0 saturated heterocycles. The quantitative estimate of drug-likeness (QED) is 0.379. The lowest BCUT2D eigenvalue weighted by atomic mass is 9.84. The zero-order valence-electron chi connectivity index (χ0n) is 18.3. The van der Waals surface area contributed by atoms with Crippen molar-refractivity contribution in [2.24, 2.45) is 0 Å². The van der Waals surface area contributed by atoms with E-state index < -0.39 is 5.60 Å². The Kier molecular flexibility index (Phi) is 7.00. The molecule has 0 aliphatic heterocycles. The van der Waals surface area contributed by atoms with Crippen molar-refractivity contribution in [3.8, 4) is 5.75 Å². The van der Waals surface area contributed by atoms with Crippen LogP contribution in [0, 0.1) is 0 Å². The molecule has 1 unspecified atom stereocenters. The summed E-state index contributed by atoms with van der Waals surface area (Å²) in [6.07, 6.45) is 2.49. The Morgan fingerprint density at radius 1 is 0.875 bits per heavy atom. The molecule has 0 amide bonds. The topological polar surface area (TPSA) is 59.9 Å². The van der Waals surface area contributed by atoms with Crippen LogP contribution in [0.2, 0.25) is 0 Å². The van der Waals surface area contributed by atoms with E-state index in [0.29, 0.717) is 24.7 Å². The van der Waals surface area contributed by atoms with Crippen LogP contribution < -0.4 is 9.64 Å². The average Bonchev–Trinajstić information content (AvgIpc) is 3.32. The third-order valence-electron chi connectivity index (χ3n) is 5.52. The van der Waals surface area contributed by atoms with E-state index in [-0.39, 0.29) is 0 Å². The Balaban J connectivity index is 1.42. The molecular formula is C27H29N2O3+. The summed E-state index contributed by atoms with van der Waals surface area (Å²) in [5.74, 6) is 1.50. The number of hydrogen-bond donors (Lipinski definition) is 2. The molecule has 0 spiro atoms. The number of nitrogens with one attached hydrogen (secondary N) is 1. The number of hydrogen-bond acceptors (Lipinski definition) is 4. The molecule has 164 valence electrons. The number of quaternary nitrogens is 1. The SMILES string of the molecule is C[NH+](CCCOc1ccccc1)Cc1nc(C(O)(c2ccccc2)c2ccccc2)co1. The molecule has 0 aliphatic rings. The lowest BCUT2D eigenvalue weighted by molar-refractivity contribution is -0.895. The summed E-state index contributed by atoms with van der Waals surface area (Å²) >= 11 is 0. The maximum Gasteiger partial charge on any atom is 0.250 e. The first-order valence-electron chi connectivity index (χ1n) is 10.9. The Morgan fingerprint density at radius 2 is 1.44 bits per heavy atom. The van der Waals surface area contributed by atoms with E-state index in [9.17, 15) is 5.11 Å². The molecular weight excluding hydrogens is 400 g/mol. The predicted molar refractivity (Wildman–Crippen MR) is 123 cm³/mol. The minimum atomic E-state index is -1.37. The number of rotatable bonds is 10. The van der Waals surface area contributed by atoms with Crippen LogP contribution >= 0.6 is 0 Å². The second-order valence-electron chi connectivity index (χ2n) is 7.97. The number of aromatic nitrogens is 1. The molecule has 0 radical (unpaired) electrons. The van der Waals surface area contributed by atoms with Crippen LogP contribution in [0.5, 0.6) is 5.75 Å². The molecule has 5 heteroatoms. The molecule has 5 nitrogen and oxygen atoms in total. The zero-order chi connectivity index (χ0) is 22.2. The van der Waals surface area contributed by atoms with E-state index in [1.54, 1.807) is 6.26 Å². The fraction of sp³-hybridized carbons (Fsp3) is 0.222. The molecule has 4 rings (SSSR count). The molecule has 1 aromatic heterocycles. The van der Waals surface area contributed by atoms with E-state index in [0.717, 1.165) is 29.8 Å². The summed E-state index contributed by atoms with van der Waals surface area (Å²) in [4.78, 5) is 5.94. The molecule has 2 N–H and O–H groups in total. The van der Waals surface area contributed by atoms with Crippen LogP contribution in [0.1, 0.15) is 29.1 Å². The van der Waals surface area contributed by atoms with Gasteiger partial charge in [0.15, 0.2) is 12.1 Å². The summed E-state index contributed by atoms with van der Waals surface area (Å²) in [5, 5.41) is 11.8. The fourth-order valence-corrected chi connectivity index (χ4v) is 3.81. The van der Waals surface area contributed by atoms with E-state index in [1.807, 2.05) is 91.0 Å². The minimum absolute atomic E-state index is 0.491. The molecule has 3 aromatic carbocycles. The second-order valence-corrected chi connectivity index (χ2v) is 7.97. The van der Waals surface area contributed by atoms with Gasteiger partial charge >= 0.3 is 0 Å². The van der Waals surface area contributed by atoms with E-state index >= 15 is 0 Å². The predicted octanol–water partition coefficient (Wildman–Crippen LogP) is 3.44. The highest BCUT2D eigenvalue weighted by atomic mass is 16.5. The maximum absolute atomic E-state index is 11.8. The van der Waals surface area contributed by atoms with Gasteiger partial charge in [0.25, 0.3) is 5.89 Å². The molecule has 4 aromatic rings. The van der Waals surface area contributed by atoms with Crippen LogP contribution in [0.4, 0.5) is 0 Å². The first-order valence-corrected chi connectivity index (χ1v) is 10.9. The standard InChI is InChI=1S/C27H28N2O3/c1-29(18-11-19-31-24-16-9-4-10-17-24)20-26-28-25(21-32-26)27(30,22-12-5-2-6-13-22)23-14-7-3-8-15-23/h2-10,12-17,21,30H,11,18-20H2,1H3/p+1. The van der Waals surface area contributed by atoms with Gasteiger partial charge in [0.05, 0.1) is 20.2 Å². The summed E-state index contributed by atoms with van der Waals surface area (Å²) in [5.41, 5.74) is 0.626. The Bertz CT molecular complexity index is 1040. The van der Waals surface area contributed by atoms with Gasteiger partial charge in [0.1, 0.15) is 17.7 Å². The third-order valence-corrected chi connectivity index (χ3v) is 5.52. The van der Waals surface area contributed by atoms with Crippen molar-refractivity contribution in [1.29, 1.82) is 0 Å². The van der Waals surface area contributed by atoms with Crippen LogP contribution in [0.3, 0.4) is 0 Å². The van der Waals surface area contributed by atoms with Crippen LogP contribution in [-0.4, -0.2) is 30.3 Å². The van der Waals surface area contributed by atoms with E-state index in [4.69, 9.17) is 9.15 Å². The van der Waals surface area contributed by atoms with Crippen LogP contribution in [0.15, 0.2) is 102 Å². The highest BCUT2D eigenvalue weighted by molar-refractivity contribution is 5.43. The lowest BCUT2D eigenvalue weighted by Crippen LogP contribution is -3.07. The van der Waals surface area contributed by atoms with Crippen molar-refractivity contribution in [2.75, 3.05) is 20.2 Å². The zero-order valence-corrected chi connectivity index (χ0v) is 18.3. The van der Waals surface area contributed by atoms with Gasteiger partial charge in [-0.3, -0.25) is 0 Å². The smallest absolute Gasteiger partial charge is 0.250 e. The van der Waals surface area contributed by atoms with Crippen molar-refractivity contribution < 1.29 is 19.2 Å². The number of oxazole rings is 1. The number of ether oxygens (including phenoxy) is 1. The van der Waals surface area contributed by atoms with Gasteiger partial charge in [0.2, 0.25) is 0 Å². The molecule has 0 bridgehead atoms. The van der Waals surface area contributed by atoms with Crippen molar-refractivity contribution in [3.05, 3.63) is 120 Å². The Hall–Kier alpha value is -3.41. The van der Waals surface area contributed by atoms with Crippen LogP contribution in [-0.2, 0) is 12.1 Å². The maximum atomic E-state index is 11.8. The van der Waals surface area contributed by atoms with Gasteiger partial charge in [-0.15, -0.1) is 0 Å². The van der Waals surface area contributed by atoms with Crippen molar-refractivity contribution in [1.82, 2.24) is 4.98 Å². The van der Waals surface area contributed by atoms with Gasteiger partial charge < -0.3 is 19.2 Å². The third kappa shape index (κ3) is 5.07. The van der Waals surface area contributed by atoms with E-state index in [2.05, 4.69) is 12.0 Å². The van der Waals surface area contributed by atoms with Gasteiger partial charge in [-0.1, -0.05) is 78.9 Å².